The van der Waals surface area contributed by atoms with Crippen LogP contribution in [-0.4, -0.2) is 78.7 Å². The van der Waals surface area contributed by atoms with E-state index in [9.17, 15) is 13.2 Å². The number of nitrogens with one attached hydrogen (secondary N) is 1. The van der Waals surface area contributed by atoms with E-state index in [0.717, 1.165) is 56.7 Å². The first-order valence-electron chi connectivity index (χ1n) is 13.3. The molecule has 0 saturated carbocycles. The number of hydrogen-bond acceptors (Lipinski definition) is 8. The molecule has 3 aliphatic heterocycles. The molecule has 0 amide bonds. The second kappa shape index (κ2) is 10.6. The molecule has 206 valence electrons. The third-order valence-electron chi connectivity index (χ3n) is 7.78. The molecule has 0 bridgehead atoms. The molecule has 3 aromatic rings. The fourth-order valence-electron chi connectivity index (χ4n) is 5.43. The quantitative estimate of drug-likeness (QED) is 0.490. The Labute approximate surface area is 226 Å². The lowest BCUT2D eigenvalue weighted by Crippen LogP contribution is -2.63. The summed E-state index contributed by atoms with van der Waals surface area (Å²) < 4.78 is 41.8. The van der Waals surface area contributed by atoms with Crippen LogP contribution in [0.15, 0.2) is 60.8 Å². The Morgan fingerprint density at radius 1 is 0.949 bits per heavy atom. The Morgan fingerprint density at radius 2 is 1.67 bits per heavy atom. The van der Waals surface area contributed by atoms with Crippen molar-refractivity contribution in [2.75, 3.05) is 68.2 Å². The largest absolute Gasteiger partial charge is 0.421 e. The van der Waals surface area contributed by atoms with E-state index >= 15 is 0 Å². The Hall–Kier alpha value is -3.41. The summed E-state index contributed by atoms with van der Waals surface area (Å²) in [4.78, 5) is 21.2. The van der Waals surface area contributed by atoms with Gasteiger partial charge in [-0.3, -0.25) is 9.74 Å². The maximum atomic E-state index is 13.9. The summed E-state index contributed by atoms with van der Waals surface area (Å²) in [6.45, 7) is 6.75. The molecule has 3 saturated heterocycles. The zero-order valence-electron chi connectivity index (χ0n) is 21.8. The Morgan fingerprint density at radius 3 is 2.36 bits per heavy atom. The number of hydrogen-bond donors (Lipinski definition) is 1. The van der Waals surface area contributed by atoms with Crippen LogP contribution in [0.25, 0.3) is 0 Å². The summed E-state index contributed by atoms with van der Waals surface area (Å²) in [6.07, 6.45) is -3.25. The number of halogens is 3. The Balaban J connectivity index is 1.16. The predicted molar refractivity (Wildman–Crippen MR) is 144 cm³/mol. The summed E-state index contributed by atoms with van der Waals surface area (Å²) in [5.74, 6) is -0.217. The molecule has 1 atom stereocenters. The van der Waals surface area contributed by atoms with Crippen LogP contribution in [0.2, 0.25) is 0 Å². The summed E-state index contributed by atoms with van der Waals surface area (Å²) in [5, 5.41) is 4.34. The smallest absolute Gasteiger partial charge is 0.368 e. The number of alkyl halides is 3. The number of rotatable bonds is 6. The molecule has 0 aliphatic carbocycles. The summed E-state index contributed by atoms with van der Waals surface area (Å²) >= 11 is 0. The Kier molecular flexibility index (Phi) is 7.05. The second-order valence-electron chi connectivity index (χ2n) is 10.4. The van der Waals surface area contributed by atoms with Gasteiger partial charge in [0.15, 0.2) is 5.82 Å². The molecule has 4 heterocycles. The van der Waals surface area contributed by atoms with Crippen LogP contribution in [-0.2, 0) is 11.0 Å². The zero-order valence-corrected chi connectivity index (χ0v) is 21.8. The number of aromatic nitrogens is 2. The van der Waals surface area contributed by atoms with Gasteiger partial charge in [0.1, 0.15) is 5.56 Å². The zero-order chi connectivity index (χ0) is 27.0. The highest BCUT2D eigenvalue weighted by molar-refractivity contribution is 5.62. The fourth-order valence-corrected chi connectivity index (χ4v) is 5.43. The lowest BCUT2D eigenvalue weighted by atomic mass is 10.0. The van der Waals surface area contributed by atoms with Crippen LogP contribution in [0, 0.1) is 0 Å². The molecule has 3 fully saturated rings. The van der Waals surface area contributed by atoms with E-state index < -0.39 is 11.7 Å². The van der Waals surface area contributed by atoms with Crippen molar-refractivity contribution in [3.63, 3.8) is 0 Å². The van der Waals surface area contributed by atoms with Gasteiger partial charge in [-0.15, -0.1) is 0 Å². The highest BCUT2D eigenvalue weighted by Crippen LogP contribution is 2.41. The maximum Gasteiger partial charge on any atom is 0.421 e. The molecule has 6 rings (SSSR count). The number of piperazine rings is 1. The third kappa shape index (κ3) is 5.52. The van der Waals surface area contributed by atoms with Crippen LogP contribution in [0.3, 0.4) is 0 Å². The second-order valence-corrected chi connectivity index (χ2v) is 10.4. The Bertz CT molecular complexity index is 1260. The minimum Gasteiger partial charge on any atom is -0.368 e. The van der Waals surface area contributed by atoms with E-state index in [1.165, 1.54) is 5.06 Å². The van der Waals surface area contributed by atoms with Crippen molar-refractivity contribution in [2.24, 2.45) is 0 Å². The van der Waals surface area contributed by atoms with E-state index in [1.54, 1.807) is 0 Å². The standard InChI is InChI=1S/C28H32F3N7O/c1-35-12-14-36(15-13-35)23-18-37(19-23)22-9-7-21(8-10-22)33-27-32-17-24(28(29,30)31)26(34-27)38-25(11-16-39-38)20-5-3-2-4-6-20/h2-10,17,23,25H,11-16,18-19H2,1H3,(H,32,33,34)/t25-/m0/s1. The highest BCUT2D eigenvalue weighted by atomic mass is 19.4. The monoisotopic (exact) mass is 539 g/mol. The number of likely N-dealkylation sites (N-methyl/N-ethyl adjacent to an activating group) is 1. The molecule has 1 aromatic heterocycles. The SMILES string of the molecule is CN1CCN(C2CN(c3ccc(Nc4ncc(C(F)(F)F)c(N5OCC[C@H]5c5ccccc5)n4)cc3)C2)CC1. The lowest BCUT2D eigenvalue weighted by Gasteiger charge is -2.48. The van der Waals surface area contributed by atoms with E-state index in [-0.39, 0.29) is 17.8 Å². The molecular weight excluding hydrogens is 507 g/mol. The average Bonchev–Trinajstić information content (AvgIpc) is 3.40. The number of nitrogens with zero attached hydrogens (tertiary/aromatic N) is 6. The van der Waals surface area contributed by atoms with Crippen molar-refractivity contribution in [3.8, 4) is 0 Å². The topological polar surface area (TPSA) is 60.0 Å². The lowest BCUT2D eigenvalue weighted by molar-refractivity contribution is -0.138. The molecule has 2 aromatic carbocycles. The van der Waals surface area contributed by atoms with Gasteiger partial charge in [-0.25, -0.2) is 10.0 Å². The predicted octanol–water partition coefficient (Wildman–Crippen LogP) is 4.56. The molecule has 8 nitrogen and oxygen atoms in total. The normalized spacial score (nSPS) is 21.3. The van der Waals surface area contributed by atoms with Gasteiger partial charge in [0, 0.05) is 69.3 Å². The van der Waals surface area contributed by atoms with Crippen molar-refractivity contribution < 1.29 is 18.0 Å². The van der Waals surface area contributed by atoms with E-state index in [0.29, 0.717) is 24.8 Å². The van der Waals surface area contributed by atoms with Crippen LogP contribution in [0.1, 0.15) is 23.6 Å². The van der Waals surface area contributed by atoms with Gasteiger partial charge in [0.2, 0.25) is 5.95 Å². The summed E-state index contributed by atoms with van der Waals surface area (Å²) in [6, 6.07) is 17.4. The number of benzene rings is 2. The van der Waals surface area contributed by atoms with E-state index in [4.69, 9.17) is 4.84 Å². The van der Waals surface area contributed by atoms with Crippen molar-refractivity contribution in [1.29, 1.82) is 0 Å². The van der Waals surface area contributed by atoms with Crippen molar-refractivity contribution >= 4 is 23.1 Å². The minimum atomic E-state index is -4.62. The summed E-state index contributed by atoms with van der Waals surface area (Å²) in [5.41, 5.74) is 1.75. The third-order valence-corrected chi connectivity index (χ3v) is 7.78. The maximum absolute atomic E-state index is 13.9. The highest BCUT2D eigenvalue weighted by Gasteiger charge is 2.40. The van der Waals surface area contributed by atoms with Crippen LogP contribution >= 0.6 is 0 Å². The van der Waals surface area contributed by atoms with Gasteiger partial charge in [0.05, 0.1) is 12.6 Å². The number of anilines is 4. The van der Waals surface area contributed by atoms with E-state index in [2.05, 4.69) is 37.0 Å². The first kappa shape index (κ1) is 25.8. The molecule has 39 heavy (non-hydrogen) atoms. The molecule has 11 heteroatoms. The van der Waals surface area contributed by atoms with Gasteiger partial charge in [0.25, 0.3) is 0 Å². The molecular formula is C28H32F3N7O. The van der Waals surface area contributed by atoms with Gasteiger partial charge in [-0.05, 0) is 36.9 Å². The van der Waals surface area contributed by atoms with Crippen molar-refractivity contribution in [3.05, 3.63) is 71.9 Å². The van der Waals surface area contributed by atoms with Crippen molar-refractivity contribution in [1.82, 2.24) is 19.8 Å². The van der Waals surface area contributed by atoms with Gasteiger partial charge >= 0.3 is 6.18 Å². The first-order chi connectivity index (χ1) is 18.8. The van der Waals surface area contributed by atoms with E-state index in [1.807, 2.05) is 54.6 Å². The number of hydroxylamine groups is 1. The average molecular weight is 540 g/mol. The fraction of sp³-hybridized carbons (Fsp3) is 0.429. The van der Waals surface area contributed by atoms with Crippen LogP contribution in [0.5, 0.6) is 0 Å². The molecule has 0 radical (unpaired) electrons. The molecule has 0 spiro atoms. The molecule has 0 unspecified atom stereocenters. The van der Waals surface area contributed by atoms with Crippen LogP contribution < -0.4 is 15.3 Å². The molecule has 1 N–H and O–H groups in total. The van der Waals surface area contributed by atoms with Crippen molar-refractivity contribution in [2.45, 2.75) is 24.7 Å². The van der Waals surface area contributed by atoms with Gasteiger partial charge in [-0.1, -0.05) is 30.3 Å². The minimum absolute atomic E-state index is 0.0761. The molecule has 3 aliphatic rings. The van der Waals surface area contributed by atoms with Crippen LogP contribution in [0.4, 0.5) is 36.3 Å². The van der Waals surface area contributed by atoms with Gasteiger partial charge in [-0.2, -0.15) is 18.2 Å². The van der Waals surface area contributed by atoms with Gasteiger partial charge < -0.3 is 15.1 Å². The first-order valence-corrected chi connectivity index (χ1v) is 13.3. The summed E-state index contributed by atoms with van der Waals surface area (Å²) in [7, 11) is 2.16.